The molecule has 0 bridgehead atoms. The van der Waals surface area contributed by atoms with E-state index in [4.69, 9.17) is 4.52 Å². The first-order chi connectivity index (χ1) is 13.2. The second kappa shape index (κ2) is 6.45. The van der Waals surface area contributed by atoms with Crippen molar-refractivity contribution in [2.75, 3.05) is 32.7 Å². The van der Waals surface area contributed by atoms with E-state index in [0.717, 1.165) is 31.5 Å². The molecule has 1 saturated carbocycles. The van der Waals surface area contributed by atoms with Crippen LogP contribution in [0, 0.1) is 0 Å². The van der Waals surface area contributed by atoms with E-state index in [1.54, 1.807) is 17.0 Å². The quantitative estimate of drug-likeness (QED) is 0.866. The van der Waals surface area contributed by atoms with Crippen molar-refractivity contribution in [1.82, 2.24) is 25.3 Å². The Morgan fingerprint density at radius 3 is 2.74 bits per heavy atom. The molecular weight excluding hydrogens is 346 g/mol. The molecule has 0 unspecified atom stereocenters. The van der Waals surface area contributed by atoms with Crippen LogP contribution in [0.3, 0.4) is 0 Å². The monoisotopic (exact) mass is 367 g/mol. The van der Waals surface area contributed by atoms with E-state index in [1.165, 1.54) is 0 Å². The fourth-order valence-corrected chi connectivity index (χ4v) is 3.75. The van der Waals surface area contributed by atoms with Crippen LogP contribution in [0.25, 0.3) is 11.4 Å². The van der Waals surface area contributed by atoms with Crippen LogP contribution in [0.2, 0.25) is 0 Å². The van der Waals surface area contributed by atoms with Gasteiger partial charge >= 0.3 is 0 Å². The highest BCUT2D eigenvalue weighted by Crippen LogP contribution is 2.39. The van der Waals surface area contributed by atoms with E-state index < -0.39 is 0 Å². The van der Waals surface area contributed by atoms with Gasteiger partial charge in [0.1, 0.15) is 6.04 Å². The summed E-state index contributed by atoms with van der Waals surface area (Å²) in [5.74, 6) is 1.64. The van der Waals surface area contributed by atoms with Crippen LogP contribution in [0.1, 0.15) is 35.0 Å². The molecule has 3 heterocycles. The second-order valence-corrected chi connectivity index (χ2v) is 7.40. The van der Waals surface area contributed by atoms with Gasteiger partial charge in [0.25, 0.3) is 5.91 Å². The van der Waals surface area contributed by atoms with Gasteiger partial charge in [0.2, 0.25) is 17.6 Å². The van der Waals surface area contributed by atoms with E-state index in [-0.39, 0.29) is 17.9 Å². The number of hydrogen-bond acceptors (Lipinski definition) is 6. The fourth-order valence-electron chi connectivity index (χ4n) is 3.75. The normalized spacial score (nSPS) is 23.0. The number of amides is 2. The second-order valence-electron chi connectivity index (χ2n) is 7.40. The number of carbonyl (C=O) groups is 2. The Labute approximate surface area is 156 Å². The maximum atomic E-state index is 12.9. The van der Waals surface area contributed by atoms with Crippen LogP contribution in [0.15, 0.2) is 28.8 Å². The number of benzene rings is 1. The van der Waals surface area contributed by atoms with Crippen LogP contribution in [-0.2, 0) is 4.79 Å². The summed E-state index contributed by atoms with van der Waals surface area (Å²) in [5, 5.41) is 6.91. The molecule has 0 spiro atoms. The number of nitrogens with one attached hydrogen (secondary N) is 1. The van der Waals surface area contributed by atoms with Crippen LogP contribution in [0.5, 0.6) is 0 Å². The minimum absolute atomic E-state index is 0.0117. The van der Waals surface area contributed by atoms with Crippen LogP contribution in [0.4, 0.5) is 0 Å². The molecule has 3 fully saturated rings. The van der Waals surface area contributed by atoms with Crippen molar-refractivity contribution in [1.29, 1.82) is 0 Å². The van der Waals surface area contributed by atoms with Gasteiger partial charge in [0, 0.05) is 49.8 Å². The van der Waals surface area contributed by atoms with Crippen molar-refractivity contribution in [3.63, 3.8) is 0 Å². The highest BCUT2D eigenvalue weighted by molar-refractivity contribution is 5.95. The Morgan fingerprint density at radius 1 is 1.15 bits per heavy atom. The van der Waals surface area contributed by atoms with E-state index >= 15 is 0 Å². The van der Waals surface area contributed by atoms with Crippen molar-refractivity contribution in [3.05, 3.63) is 35.7 Å². The summed E-state index contributed by atoms with van der Waals surface area (Å²) in [7, 11) is 0. The topological polar surface area (TPSA) is 91.6 Å². The van der Waals surface area contributed by atoms with Gasteiger partial charge in [-0.1, -0.05) is 17.3 Å². The first-order valence-electron chi connectivity index (χ1n) is 9.44. The zero-order valence-corrected chi connectivity index (χ0v) is 14.9. The van der Waals surface area contributed by atoms with Crippen LogP contribution < -0.4 is 5.32 Å². The molecule has 1 aromatic carbocycles. The molecule has 8 heteroatoms. The summed E-state index contributed by atoms with van der Waals surface area (Å²) >= 11 is 0. The zero-order chi connectivity index (χ0) is 18.4. The third-order valence-corrected chi connectivity index (χ3v) is 5.54. The maximum absolute atomic E-state index is 12.9. The van der Waals surface area contributed by atoms with Gasteiger partial charge in [0.05, 0.1) is 0 Å². The standard InChI is InChI=1S/C19H21N5O3/c25-17-15-11-24(10-9-23(15)8-7-20-17)19(26)14-5-1-12(2-6-14)16-21-18(27-22-16)13-3-4-13/h1-2,5-6,13,15H,3-4,7-11H2,(H,20,25)/t15-/m0/s1. The number of nitrogens with zero attached hydrogens (tertiary/aromatic N) is 4. The van der Waals surface area contributed by atoms with E-state index in [9.17, 15) is 9.59 Å². The number of fused-ring (bicyclic) bond motifs is 1. The van der Waals surface area contributed by atoms with Crippen molar-refractivity contribution < 1.29 is 14.1 Å². The van der Waals surface area contributed by atoms with Crippen LogP contribution in [-0.4, -0.2) is 70.5 Å². The first-order valence-corrected chi connectivity index (χ1v) is 9.44. The molecule has 2 aromatic rings. The number of aromatic nitrogens is 2. The van der Waals surface area contributed by atoms with Crippen molar-refractivity contribution in [2.45, 2.75) is 24.8 Å². The molecule has 1 N–H and O–H groups in total. The fraction of sp³-hybridized carbons (Fsp3) is 0.474. The number of piperazine rings is 2. The number of hydrogen-bond donors (Lipinski definition) is 1. The third kappa shape index (κ3) is 3.10. The highest BCUT2D eigenvalue weighted by Gasteiger charge is 2.36. The average molecular weight is 367 g/mol. The average Bonchev–Trinajstić information content (AvgIpc) is 3.44. The summed E-state index contributed by atoms with van der Waals surface area (Å²) in [6.45, 7) is 3.33. The molecule has 27 heavy (non-hydrogen) atoms. The predicted molar refractivity (Wildman–Crippen MR) is 96.0 cm³/mol. The summed E-state index contributed by atoms with van der Waals surface area (Å²) in [6, 6.07) is 7.03. The Bertz CT molecular complexity index is 874. The lowest BCUT2D eigenvalue weighted by atomic mass is 10.1. The summed E-state index contributed by atoms with van der Waals surface area (Å²) in [4.78, 5) is 33.3. The molecule has 8 nitrogen and oxygen atoms in total. The van der Waals surface area contributed by atoms with Gasteiger partial charge < -0.3 is 14.7 Å². The molecule has 0 radical (unpaired) electrons. The van der Waals surface area contributed by atoms with Crippen molar-refractivity contribution >= 4 is 11.8 Å². The maximum Gasteiger partial charge on any atom is 0.253 e. The van der Waals surface area contributed by atoms with E-state index in [0.29, 0.717) is 42.8 Å². The highest BCUT2D eigenvalue weighted by atomic mass is 16.5. The predicted octanol–water partition coefficient (Wildman–Crippen LogP) is 0.870. The molecule has 1 aliphatic carbocycles. The first kappa shape index (κ1) is 16.4. The number of carbonyl (C=O) groups excluding carboxylic acids is 2. The van der Waals surface area contributed by atoms with Gasteiger partial charge in [-0.25, -0.2) is 0 Å². The molecule has 1 aromatic heterocycles. The smallest absolute Gasteiger partial charge is 0.253 e. The van der Waals surface area contributed by atoms with Gasteiger partial charge in [-0.15, -0.1) is 0 Å². The van der Waals surface area contributed by atoms with Gasteiger partial charge in [-0.3, -0.25) is 14.5 Å². The SMILES string of the molecule is O=C1NCCN2CCN(C(=O)c3ccc(-c4noc(C5CC5)n4)cc3)C[C@@H]12. The molecule has 2 amide bonds. The lowest BCUT2D eigenvalue weighted by molar-refractivity contribution is -0.131. The van der Waals surface area contributed by atoms with Gasteiger partial charge in [-0.2, -0.15) is 4.98 Å². The molecule has 1 atom stereocenters. The summed E-state index contributed by atoms with van der Waals surface area (Å²) < 4.78 is 5.30. The number of rotatable bonds is 3. The summed E-state index contributed by atoms with van der Waals surface area (Å²) in [6.07, 6.45) is 2.22. The van der Waals surface area contributed by atoms with E-state index in [2.05, 4.69) is 20.4 Å². The minimum atomic E-state index is -0.240. The van der Waals surface area contributed by atoms with Gasteiger partial charge in [-0.05, 0) is 25.0 Å². The third-order valence-electron chi connectivity index (χ3n) is 5.54. The molecule has 2 aliphatic heterocycles. The Kier molecular flexibility index (Phi) is 3.93. The zero-order valence-electron chi connectivity index (χ0n) is 14.9. The van der Waals surface area contributed by atoms with Crippen LogP contribution >= 0.6 is 0 Å². The lowest BCUT2D eigenvalue weighted by Gasteiger charge is -2.43. The largest absolute Gasteiger partial charge is 0.353 e. The Morgan fingerprint density at radius 2 is 1.96 bits per heavy atom. The minimum Gasteiger partial charge on any atom is -0.353 e. The molecule has 5 rings (SSSR count). The molecule has 140 valence electrons. The van der Waals surface area contributed by atoms with E-state index in [1.807, 2.05) is 12.1 Å². The summed E-state index contributed by atoms with van der Waals surface area (Å²) in [5.41, 5.74) is 1.44. The molecular formula is C19H21N5O3. The Hall–Kier alpha value is -2.74. The van der Waals surface area contributed by atoms with Crippen molar-refractivity contribution in [3.8, 4) is 11.4 Å². The lowest BCUT2D eigenvalue weighted by Crippen LogP contribution is -2.64. The van der Waals surface area contributed by atoms with Crippen molar-refractivity contribution in [2.24, 2.45) is 0 Å². The molecule has 2 saturated heterocycles. The van der Waals surface area contributed by atoms with Gasteiger partial charge in [0.15, 0.2) is 0 Å². The molecule has 3 aliphatic rings. The Balaban J connectivity index is 1.29.